The predicted molar refractivity (Wildman–Crippen MR) is 97.1 cm³/mol. The van der Waals surface area contributed by atoms with E-state index < -0.39 is 0 Å². The summed E-state index contributed by atoms with van der Waals surface area (Å²) in [6.45, 7) is 3.29. The van der Waals surface area contributed by atoms with Crippen molar-refractivity contribution in [1.82, 2.24) is 19.8 Å². The van der Waals surface area contributed by atoms with E-state index in [2.05, 4.69) is 10.3 Å². The van der Waals surface area contributed by atoms with Crippen LogP contribution in [0.15, 0.2) is 28.2 Å². The van der Waals surface area contributed by atoms with Crippen molar-refractivity contribution in [3.8, 4) is 0 Å². The lowest BCUT2D eigenvalue weighted by Gasteiger charge is -2.14. The number of hydrogen-bond acceptors (Lipinski definition) is 5. The first-order chi connectivity index (χ1) is 12.0. The van der Waals surface area contributed by atoms with Gasteiger partial charge in [0.25, 0.3) is 5.56 Å². The number of nitrogens with one attached hydrogen (secondary N) is 1. The quantitative estimate of drug-likeness (QED) is 0.634. The van der Waals surface area contributed by atoms with Gasteiger partial charge < -0.3 is 5.32 Å². The molecule has 1 N–H and O–H groups in total. The molecule has 1 aromatic heterocycles. The van der Waals surface area contributed by atoms with E-state index in [-0.39, 0.29) is 23.3 Å². The van der Waals surface area contributed by atoms with Crippen LogP contribution >= 0.6 is 23.4 Å². The van der Waals surface area contributed by atoms with Crippen LogP contribution in [-0.4, -0.2) is 45.2 Å². The fraction of sp³-hybridized carbons (Fsp3) is 0.375. The topological polar surface area (TPSA) is 84.3 Å². The summed E-state index contributed by atoms with van der Waals surface area (Å²) in [7, 11) is 0. The van der Waals surface area contributed by atoms with Crippen LogP contribution in [-0.2, 0) is 11.3 Å². The molecule has 0 atom stereocenters. The van der Waals surface area contributed by atoms with Gasteiger partial charge in [0.05, 0.1) is 16.7 Å². The number of thioether (sulfide) groups is 1. The molecule has 7 nitrogen and oxygen atoms in total. The summed E-state index contributed by atoms with van der Waals surface area (Å²) in [6.07, 6.45) is 0.761. The van der Waals surface area contributed by atoms with Crippen molar-refractivity contribution in [3.05, 3.63) is 33.6 Å². The van der Waals surface area contributed by atoms with Gasteiger partial charge in [-0.05, 0) is 24.6 Å². The van der Waals surface area contributed by atoms with Gasteiger partial charge in [-0.1, -0.05) is 30.3 Å². The van der Waals surface area contributed by atoms with Crippen LogP contribution in [0.2, 0.25) is 5.02 Å². The Hall–Kier alpha value is -2.06. The van der Waals surface area contributed by atoms with Gasteiger partial charge in [-0.3, -0.25) is 19.1 Å². The number of fused-ring (bicyclic) bond motifs is 1. The zero-order valence-corrected chi connectivity index (χ0v) is 15.2. The number of halogens is 1. The Morgan fingerprint density at radius 3 is 2.88 bits per heavy atom. The number of carbonyl (C=O) groups excluding carboxylic acids is 2. The zero-order valence-electron chi connectivity index (χ0n) is 13.6. The summed E-state index contributed by atoms with van der Waals surface area (Å²) in [5.74, 6) is -0.265. The van der Waals surface area contributed by atoms with E-state index in [4.69, 9.17) is 11.6 Å². The van der Waals surface area contributed by atoms with Crippen LogP contribution < -0.4 is 10.9 Å². The van der Waals surface area contributed by atoms with Crippen molar-refractivity contribution in [1.29, 1.82) is 0 Å². The highest BCUT2D eigenvalue weighted by Crippen LogP contribution is 2.21. The number of imide groups is 1. The van der Waals surface area contributed by atoms with Gasteiger partial charge in [-0.15, -0.1) is 0 Å². The summed E-state index contributed by atoms with van der Waals surface area (Å²) in [5, 5.41) is 4.03. The fourth-order valence-electron chi connectivity index (χ4n) is 2.62. The summed E-state index contributed by atoms with van der Waals surface area (Å²) >= 11 is 7.15. The predicted octanol–water partition coefficient (Wildman–Crippen LogP) is 2.10. The van der Waals surface area contributed by atoms with Crippen molar-refractivity contribution < 1.29 is 9.59 Å². The number of amides is 3. The standard InChI is InChI=1S/C16H17ClN4O3S/c1-2-6-21-14(23)11-4-3-10(17)8-12(11)19-16(21)25-9-13(22)20-7-5-18-15(20)24/h3-4,8H,2,5-7,9H2,1H3,(H,18,24). The zero-order chi connectivity index (χ0) is 18.0. The smallest absolute Gasteiger partial charge is 0.324 e. The summed E-state index contributed by atoms with van der Waals surface area (Å²) in [6, 6.07) is 4.57. The fourth-order valence-corrected chi connectivity index (χ4v) is 3.69. The van der Waals surface area contributed by atoms with Gasteiger partial charge in [-0.25, -0.2) is 9.78 Å². The molecule has 1 fully saturated rings. The lowest BCUT2D eigenvalue weighted by molar-refractivity contribution is -0.124. The third-order valence-corrected chi connectivity index (χ3v) is 5.01. The molecular weight excluding hydrogens is 364 g/mol. The van der Waals surface area contributed by atoms with Crippen LogP contribution in [0.4, 0.5) is 4.79 Å². The molecule has 132 valence electrons. The summed E-state index contributed by atoms with van der Waals surface area (Å²) in [5.41, 5.74) is 0.344. The largest absolute Gasteiger partial charge is 0.336 e. The van der Waals surface area contributed by atoms with E-state index in [1.807, 2.05) is 6.92 Å². The summed E-state index contributed by atoms with van der Waals surface area (Å²) in [4.78, 5) is 42.2. The molecule has 2 aromatic rings. The molecule has 0 radical (unpaired) electrons. The first-order valence-corrected chi connectivity index (χ1v) is 9.28. The normalized spacial score (nSPS) is 14.2. The lowest BCUT2D eigenvalue weighted by atomic mass is 10.2. The number of nitrogens with zero attached hydrogens (tertiary/aromatic N) is 3. The first kappa shape index (κ1) is 17.8. The van der Waals surface area contributed by atoms with Crippen LogP contribution in [0.3, 0.4) is 0 Å². The van der Waals surface area contributed by atoms with Gasteiger partial charge in [0, 0.05) is 24.7 Å². The highest BCUT2D eigenvalue weighted by Gasteiger charge is 2.26. The molecule has 1 aliphatic rings. The lowest BCUT2D eigenvalue weighted by Crippen LogP contribution is -2.35. The molecule has 0 bridgehead atoms. The van der Waals surface area contributed by atoms with E-state index in [0.29, 0.717) is 40.7 Å². The van der Waals surface area contributed by atoms with Gasteiger partial charge >= 0.3 is 6.03 Å². The van der Waals surface area contributed by atoms with Crippen molar-refractivity contribution >= 4 is 46.2 Å². The molecule has 1 aliphatic heterocycles. The van der Waals surface area contributed by atoms with Gasteiger partial charge in [-0.2, -0.15) is 0 Å². The van der Waals surface area contributed by atoms with Crippen LogP contribution in [0.25, 0.3) is 10.9 Å². The minimum Gasteiger partial charge on any atom is -0.336 e. The Morgan fingerprint density at radius 2 is 2.20 bits per heavy atom. The van der Waals surface area contributed by atoms with Crippen molar-refractivity contribution in [2.45, 2.75) is 25.0 Å². The van der Waals surface area contributed by atoms with Crippen molar-refractivity contribution in [2.24, 2.45) is 0 Å². The van der Waals surface area contributed by atoms with Gasteiger partial charge in [0.15, 0.2) is 5.16 Å². The second kappa shape index (κ2) is 7.45. The van der Waals surface area contributed by atoms with Gasteiger partial charge in [0.1, 0.15) is 0 Å². The maximum absolute atomic E-state index is 12.7. The monoisotopic (exact) mass is 380 g/mol. The van der Waals surface area contributed by atoms with E-state index in [1.165, 1.54) is 4.90 Å². The molecule has 3 rings (SSSR count). The number of aromatic nitrogens is 2. The molecule has 0 aliphatic carbocycles. The molecule has 3 amide bonds. The molecule has 0 unspecified atom stereocenters. The molecule has 9 heteroatoms. The molecule has 25 heavy (non-hydrogen) atoms. The van der Waals surface area contributed by atoms with E-state index in [9.17, 15) is 14.4 Å². The number of benzene rings is 1. The van der Waals surface area contributed by atoms with Crippen LogP contribution in [0.5, 0.6) is 0 Å². The Balaban J connectivity index is 1.91. The molecule has 1 saturated heterocycles. The molecule has 0 spiro atoms. The summed E-state index contributed by atoms with van der Waals surface area (Å²) < 4.78 is 1.57. The van der Waals surface area contributed by atoms with Crippen molar-refractivity contribution in [2.75, 3.05) is 18.8 Å². The first-order valence-electron chi connectivity index (χ1n) is 7.92. The maximum Gasteiger partial charge on any atom is 0.324 e. The Labute approximate surface area is 153 Å². The minimum absolute atomic E-state index is 0.0373. The van der Waals surface area contributed by atoms with Crippen LogP contribution in [0, 0.1) is 0 Å². The molecule has 1 aromatic carbocycles. The molecule has 2 heterocycles. The van der Waals surface area contributed by atoms with E-state index in [0.717, 1.165) is 18.2 Å². The highest BCUT2D eigenvalue weighted by molar-refractivity contribution is 7.99. The third-order valence-electron chi connectivity index (χ3n) is 3.81. The second-order valence-electron chi connectivity index (χ2n) is 5.58. The Bertz CT molecular complexity index is 899. The Kier molecular flexibility index (Phi) is 5.29. The Morgan fingerprint density at radius 1 is 1.40 bits per heavy atom. The van der Waals surface area contributed by atoms with Gasteiger partial charge in [0.2, 0.25) is 5.91 Å². The number of carbonyl (C=O) groups is 2. The number of rotatable bonds is 5. The average molecular weight is 381 g/mol. The van der Waals surface area contributed by atoms with Crippen molar-refractivity contribution in [3.63, 3.8) is 0 Å². The minimum atomic E-state index is -0.380. The third kappa shape index (κ3) is 3.64. The second-order valence-corrected chi connectivity index (χ2v) is 6.96. The number of hydrogen-bond donors (Lipinski definition) is 1. The maximum atomic E-state index is 12.7. The highest BCUT2D eigenvalue weighted by atomic mass is 35.5. The molecule has 0 saturated carbocycles. The van der Waals surface area contributed by atoms with E-state index >= 15 is 0 Å². The van der Waals surface area contributed by atoms with E-state index in [1.54, 1.807) is 22.8 Å². The molecular formula is C16H17ClN4O3S. The van der Waals surface area contributed by atoms with Crippen LogP contribution in [0.1, 0.15) is 13.3 Å². The average Bonchev–Trinajstić information content (AvgIpc) is 3.01. The number of urea groups is 1. The SMILES string of the molecule is CCCn1c(SCC(=O)N2CCNC2=O)nc2cc(Cl)ccc2c1=O.